The quantitative estimate of drug-likeness (QED) is 0.749. The lowest BCUT2D eigenvalue weighted by Gasteiger charge is -1.98. The number of rotatable bonds is 2. The summed E-state index contributed by atoms with van der Waals surface area (Å²) in [5.74, 6) is 0.513. The molecule has 2 aromatic carbocycles. The molecule has 0 fully saturated rings. The van der Waals surface area contributed by atoms with E-state index in [1.165, 1.54) is 18.2 Å². The average molecular weight is 333 g/mol. The molecule has 6 heteroatoms. The number of hydrogen-bond acceptors (Lipinski definition) is 5. The molecule has 0 bridgehead atoms. The minimum atomic E-state index is -0.0689. The molecule has 0 radical (unpaired) electrons. The van der Waals surface area contributed by atoms with Crippen LogP contribution in [0.2, 0.25) is 0 Å². The van der Waals surface area contributed by atoms with E-state index in [0.717, 1.165) is 10.0 Å². The minimum Gasteiger partial charge on any atom is -0.508 e. The van der Waals surface area contributed by atoms with E-state index in [1.54, 1.807) is 0 Å². The largest absolute Gasteiger partial charge is 0.508 e. The van der Waals surface area contributed by atoms with E-state index >= 15 is 0 Å². The number of phenolic OH excluding ortho intramolecular Hbond substituents is 2. The van der Waals surface area contributed by atoms with Crippen LogP contribution in [0.25, 0.3) is 22.8 Å². The summed E-state index contributed by atoms with van der Waals surface area (Å²) in [4.78, 5) is 4.26. The second-order valence-electron chi connectivity index (χ2n) is 4.14. The standard InChI is InChI=1S/C14H9BrN2O3/c15-12-4-2-1-3-11(12)13-16-14(20-17-13)8-5-9(18)7-10(19)6-8/h1-7,18-19H. The zero-order valence-electron chi connectivity index (χ0n) is 10.1. The van der Waals surface area contributed by atoms with Crippen molar-refractivity contribution in [3.63, 3.8) is 0 Å². The lowest BCUT2D eigenvalue weighted by molar-refractivity contribution is 0.428. The molecule has 0 aliphatic heterocycles. The Balaban J connectivity index is 2.04. The molecule has 0 unspecified atom stereocenters. The van der Waals surface area contributed by atoms with Gasteiger partial charge in [0.1, 0.15) is 11.5 Å². The summed E-state index contributed by atoms with van der Waals surface area (Å²) in [6.45, 7) is 0. The molecule has 2 N–H and O–H groups in total. The molecular weight excluding hydrogens is 324 g/mol. The monoisotopic (exact) mass is 332 g/mol. The molecule has 3 aromatic rings. The van der Waals surface area contributed by atoms with Gasteiger partial charge in [-0.05, 0) is 24.3 Å². The highest BCUT2D eigenvalue weighted by Gasteiger charge is 2.13. The molecule has 0 saturated carbocycles. The van der Waals surface area contributed by atoms with E-state index < -0.39 is 0 Å². The molecule has 0 aliphatic rings. The third-order valence-corrected chi connectivity index (χ3v) is 3.38. The van der Waals surface area contributed by atoms with Crippen LogP contribution in [0, 0.1) is 0 Å². The first-order valence-corrected chi connectivity index (χ1v) is 6.55. The van der Waals surface area contributed by atoms with E-state index in [-0.39, 0.29) is 17.4 Å². The Hall–Kier alpha value is -2.34. The van der Waals surface area contributed by atoms with Crippen LogP contribution in [0.1, 0.15) is 0 Å². The van der Waals surface area contributed by atoms with Crippen molar-refractivity contribution >= 4 is 15.9 Å². The summed E-state index contributed by atoms with van der Waals surface area (Å²) in [5, 5.41) is 22.8. The van der Waals surface area contributed by atoms with Crippen LogP contribution in [0.15, 0.2) is 51.5 Å². The van der Waals surface area contributed by atoms with Crippen LogP contribution >= 0.6 is 15.9 Å². The van der Waals surface area contributed by atoms with Crippen molar-refractivity contribution < 1.29 is 14.7 Å². The van der Waals surface area contributed by atoms with Crippen LogP contribution in [0.5, 0.6) is 11.5 Å². The second-order valence-corrected chi connectivity index (χ2v) is 5.00. The lowest BCUT2D eigenvalue weighted by Crippen LogP contribution is -1.82. The van der Waals surface area contributed by atoms with Crippen LogP contribution in [0.4, 0.5) is 0 Å². The maximum atomic E-state index is 9.47. The Morgan fingerprint density at radius 1 is 1.00 bits per heavy atom. The molecule has 3 rings (SSSR count). The van der Waals surface area contributed by atoms with Crippen LogP contribution in [-0.4, -0.2) is 20.4 Å². The lowest BCUT2D eigenvalue weighted by atomic mass is 10.2. The number of phenols is 2. The molecule has 0 spiro atoms. The van der Waals surface area contributed by atoms with E-state index in [2.05, 4.69) is 26.1 Å². The molecule has 1 heterocycles. The molecule has 0 saturated heterocycles. The summed E-state index contributed by atoms with van der Waals surface area (Å²) in [5.41, 5.74) is 1.25. The highest BCUT2D eigenvalue weighted by Crippen LogP contribution is 2.30. The van der Waals surface area contributed by atoms with Crippen molar-refractivity contribution in [3.8, 4) is 34.3 Å². The van der Waals surface area contributed by atoms with Gasteiger partial charge in [0.15, 0.2) is 0 Å². The van der Waals surface area contributed by atoms with Crippen molar-refractivity contribution in [2.24, 2.45) is 0 Å². The number of nitrogens with zero attached hydrogens (tertiary/aromatic N) is 2. The minimum absolute atomic E-state index is 0.0689. The maximum Gasteiger partial charge on any atom is 0.258 e. The van der Waals surface area contributed by atoms with Crippen molar-refractivity contribution in [3.05, 3.63) is 46.9 Å². The molecule has 100 valence electrons. The van der Waals surface area contributed by atoms with Gasteiger partial charge in [0, 0.05) is 21.7 Å². The predicted octanol–water partition coefficient (Wildman–Crippen LogP) is 3.58. The van der Waals surface area contributed by atoms with E-state index in [0.29, 0.717) is 11.4 Å². The fourth-order valence-corrected chi connectivity index (χ4v) is 2.27. The van der Waals surface area contributed by atoms with Gasteiger partial charge in [0.2, 0.25) is 5.82 Å². The third kappa shape index (κ3) is 2.37. The summed E-state index contributed by atoms with van der Waals surface area (Å²) in [6, 6.07) is 11.6. The highest BCUT2D eigenvalue weighted by atomic mass is 79.9. The number of hydrogen-bond donors (Lipinski definition) is 2. The SMILES string of the molecule is Oc1cc(O)cc(-c2nc(-c3ccccc3Br)no2)c1. The summed E-state index contributed by atoms with van der Waals surface area (Å²) in [7, 11) is 0. The van der Waals surface area contributed by atoms with Crippen molar-refractivity contribution in [2.45, 2.75) is 0 Å². The van der Waals surface area contributed by atoms with Gasteiger partial charge < -0.3 is 14.7 Å². The summed E-state index contributed by atoms with van der Waals surface area (Å²) in [6.07, 6.45) is 0. The van der Waals surface area contributed by atoms with Gasteiger partial charge in [-0.25, -0.2) is 0 Å². The Morgan fingerprint density at radius 2 is 1.70 bits per heavy atom. The van der Waals surface area contributed by atoms with E-state index in [1.807, 2.05) is 24.3 Å². The molecule has 20 heavy (non-hydrogen) atoms. The maximum absolute atomic E-state index is 9.47. The van der Waals surface area contributed by atoms with Crippen molar-refractivity contribution in [2.75, 3.05) is 0 Å². The van der Waals surface area contributed by atoms with Gasteiger partial charge in [-0.3, -0.25) is 0 Å². The summed E-state index contributed by atoms with van der Waals surface area (Å²) < 4.78 is 6.02. The zero-order chi connectivity index (χ0) is 14.1. The first-order valence-electron chi connectivity index (χ1n) is 5.75. The average Bonchev–Trinajstić information content (AvgIpc) is 2.87. The van der Waals surface area contributed by atoms with Gasteiger partial charge in [0.05, 0.1) is 0 Å². The Kier molecular flexibility index (Phi) is 3.15. The normalized spacial score (nSPS) is 10.7. The molecule has 0 atom stereocenters. The van der Waals surface area contributed by atoms with Gasteiger partial charge in [-0.2, -0.15) is 4.98 Å². The highest BCUT2D eigenvalue weighted by molar-refractivity contribution is 9.10. The molecule has 0 aliphatic carbocycles. The topological polar surface area (TPSA) is 79.4 Å². The Labute approximate surface area is 122 Å². The van der Waals surface area contributed by atoms with Gasteiger partial charge >= 0.3 is 0 Å². The second kappa shape index (κ2) is 4.97. The number of aromatic hydroxyl groups is 2. The Bertz CT molecular complexity index is 750. The molecule has 5 nitrogen and oxygen atoms in total. The zero-order valence-corrected chi connectivity index (χ0v) is 11.7. The van der Waals surface area contributed by atoms with Gasteiger partial charge in [-0.15, -0.1) is 0 Å². The molecule has 1 aromatic heterocycles. The van der Waals surface area contributed by atoms with Crippen LogP contribution in [-0.2, 0) is 0 Å². The third-order valence-electron chi connectivity index (χ3n) is 2.69. The Morgan fingerprint density at radius 3 is 2.40 bits per heavy atom. The first-order chi connectivity index (χ1) is 9.63. The van der Waals surface area contributed by atoms with Gasteiger partial charge in [0.25, 0.3) is 5.89 Å². The first kappa shape index (κ1) is 12.7. The van der Waals surface area contributed by atoms with Crippen LogP contribution in [0.3, 0.4) is 0 Å². The number of benzene rings is 2. The number of aromatic nitrogens is 2. The fourth-order valence-electron chi connectivity index (χ4n) is 1.81. The fraction of sp³-hybridized carbons (Fsp3) is 0. The van der Waals surface area contributed by atoms with E-state index in [4.69, 9.17) is 4.52 Å². The van der Waals surface area contributed by atoms with Gasteiger partial charge in [-0.1, -0.05) is 33.2 Å². The van der Waals surface area contributed by atoms with Crippen molar-refractivity contribution in [1.29, 1.82) is 0 Å². The van der Waals surface area contributed by atoms with Crippen molar-refractivity contribution in [1.82, 2.24) is 10.1 Å². The van der Waals surface area contributed by atoms with Crippen LogP contribution < -0.4 is 0 Å². The smallest absolute Gasteiger partial charge is 0.258 e. The van der Waals surface area contributed by atoms with E-state index in [9.17, 15) is 10.2 Å². The predicted molar refractivity (Wildman–Crippen MR) is 76.2 cm³/mol. The molecular formula is C14H9BrN2O3. The molecule has 0 amide bonds. The number of halogens is 1. The summed E-state index contributed by atoms with van der Waals surface area (Å²) >= 11 is 3.42.